The average Bonchev–Trinajstić information content (AvgIpc) is 3.40. The van der Waals surface area contributed by atoms with Crippen molar-refractivity contribution in [3.05, 3.63) is 114 Å². The van der Waals surface area contributed by atoms with Gasteiger partial charge >= 0.3 is 0 Å². The van der Waals surface area contributed by atoms with Crippen LogP contribution < -0.4 is 9.21 Å². The molecule has 5 aromatic rings. The summed E-state index contributed by atoms with van der Waals surface area (Å²) >= 11 is 1.43. The first-order chi connectivity index (χ1) is 18.5. The zero-order chi connectivity index (χ0) is 26.1. The predicted octanol–water partition coefficient (Wildman–Crippen LogP) is 5.68. The quantitative estimate of drug-likeness (QED) is 0.277. The number of carbonyl (C=O) groups is 1. The van der Waals surface area contributed by atoms with Gasteiger partial charge in [-0.3, -0.25) is 19.0 Å². The number of aryl methyl sites for hydroxylation is 1. The van der Waals surface area contributed by atoms with Crippen molar-refractivity contribution in [2.75, 3.05) is 15.7 Å². The fraction of sp³-hybridized carbons (Fsp3) is 0.138. The lowest BCUT2D eigenvalue weighted by Crippen LogP contribution is -2.35. The van der Waals surface area contributed by atoms with Gasteiger partial charge in [0.15, 0.2) is 5.13 Å². The molecule has 0 aliphatic carbocycles. The predicted molar refractivity (Wildman–Crippen MR) is 150 cm³/mol. The minimum absolute atomic E-state index is 0.155. The van der Waals surface area contributed by atoms with Crippen molar-refractivity contribution in [2.45, 2.75) is 24.3 Å². The number of para-hydroxylation sites is 2. The fourth-order valence-electron chi connectivity index (χ4n) is 4.66. The minimum atomic E-state index is -3.77. The number of anilines is 2. The molecule has 2 aromatic heterocycles. The summed E-state index contributed by atoms with van der Waals surface area (Å²) in [5.74, 6) is -0.276. The molecule has 3 heterocycles. The standard InChI is InChI=1S/C29H24N4O3S2/c34-28(32(20-23-10-5-6-18-30-23)29-31-25-11-2-4-13-27(25)37-29)22-14-16-24(17-15-22)38(35,36)33-19-7-9-21-8-1-3-12-26(21)33/h1-6,8,10-18H,7,9,19-20H2. The number of nitrogens with zero attached hydrogens (tertiary/aromatic N) is 4. The Morgan fingerprint density at radius 2 is 1.68 bits per heavy atom. The van der Waals surface area contributed by atoms with E-state index in [2.05, 4.69) is 9.97 Å². The third-order valence-electron chi connectivity index (χ3n) is 6.56. The van der Waals surface area contributed by atoms with Crippen molar-refractivity contribution in [3.8, 4) is 0 Å². The molecule has 0 saturated heterocycles. The molecule has 7 nitrogen and oxygen atoms in total. The van der Waals surface area contributed by atoms with E-state index in [-0.39, 0.29) is 17.3 Å². The maximum Gasteiger partial charge on any atom is 0.264 e. The topological polar surface area (TPSA) is 83.5 Å². The van der Waals surface area contributed by atoms with Crippen LogP contribution in [0.2, 0.25) is 0 Å². The maximum absolute atomic E-state index is 13.8. The zero-order valence-electron chi connectivity index (χ0n) is 20.4. The lowest BCUT2D eigenvalue weighted by atomic mass is 10.0. The number of amides is 1. The van der Waals surface area contributed by atoms with Gasteiger partial charge in [0, 0.05) is 18.3 Å². The number of rotatable bonds is 6. The van der Waals surface area contributed by atoms with Crippen LogP contribution in [0.3, 0.4) is 0 Å². The monoisotopic (exact) mass is 540 g/mol. The van der Waals surface area contributed by atoms with Crippen molar-refractivity contribution >= 4 is 48.3 Å². The Bertz CT molecular complexity index is 1690. The molecule has 9 heteroatoms. The van der Waals surface area contributed by atoms with Crippen LogP contribution in [0, 0.1) is 0 Å². The van der Waals surface area contributed by atoms with Crippen LogP contribution in [0.25, 0.3) is 10.2 Å². The molecule has 0 N–H and O–H groups in total. The van der Waals surface area contributed by atoms with E-state index < -0.39 is 10.0 Å². The normalized spacial score (nSPS) is 13.3. The van der Waals surface area contributed by atoms with Crippen LogP contribution in [0.5, 0.6) is 0 Å². The first-order valence-electron chi connectivity index (χ1n) is 12.3. The van der Waals surface area contributed by atoms with Crippen LogP contribution >= 0.6 is 11.3 Å². The van der Waals surface area contributed by atoms with Crippen molar-refractivity contribution in [1.29, 1.82) is 0 Å². The number of aromatic nitrogens is 2. The first kappa shape index (κ1) is 24.3. The van der Waals surface area contributed by atoms with E-state index >= 15 is 0 Å². The molecule has 0 bridgehead atoms. The third-order valence-corrected chi connectivity index (χ3v) is 9.45. The number of hydrogen-bond acceptors (Lipinski definition) is 6. The molecule has 1 aliphatic heterocycles. The molecule has 0 saturated carbocycles. The Balaban J connectivity index is 1.32. The highest BCUT2D eigenvalue weighted by molar-refractivity contribution is 7.92. The van der Waals surface area contributed by atoms with Gasteiger partial charge in [-0.05, 0) is 73.0 Å². The molecule has 0 spiro atoms. The summed E-state index contributed by atoms with van der Waals surface area (Å²) in [7, 11) is -3.77. The van der Waals surface area contributed by atoms with Crippen molar-refractivity contribution in [3.63, 3.8) is 0 Å². The SMILES string of the molecule is O=C(c1ccc(S(=O)(=O)N2CCCc3ccccc32)cc1)N(Cc1ccccn1)c1nc2ccccc2s1. The highest BCUT2D eigenvalue weighted by Crippen LogP contribution is 2.33. The molecule has 0 atom stereocenters. The summed E-state index contributed by atoms with van der Waals surface area (Å²) in [6, 6.07) is 27.1. The number of hydrogen-bond donors (Lipinski definition) is 0. The summed E-state index contributed by atoms with van der Waals surface area (Å²) in [5, 5.41) is 0.559. The van der Waals surface area contributed by atoms with E-state index in [1.165, 1.54) is 27.8 Å². The molecule has 1 aliphatic rings. The highest BCUT2D eigenvalue weighted by atomic mass is 32.2. The minimum Gasteiger partial charge on any atom is -0.278 e. The molecule has 190 valence electrons. The van der Waals surface area contributed by atoms with E-state index in [0.29, 0.717) is 17.2 Å². The lowest BCUT2D eigenvalue weighted by molar-refractivity contribution is 0.0984. The van der Waals surface area contributed by atoms with Gasteiger partial charge in [-0.1, -0.05) is 47.7 Å². The highest BCUT2D eigenvalue weighted by Gasteiger charge is 2.29. The second kappa shape index (κ2) is 10.00. The summed E-state index contributed by atoms with van der Waals surface area (Å²) in [4.78, 5) is 24.6. The number of carbonyl (C=O) groups excluding carboxylic acids is 1. The van der Waals surface area contributed by atoms with Crippen LogP contribution in [0.4, 0.5) is 10.8 Å². The van der Waals surface area contributed by atoms with Gasteiger partial charge in [0.25, 0.3) is 15.9 Å². The van der Waals surface area contributed by atoms with Gasteiger partial charge in [-0.2, -0.15) is 0 Å². The fourth-order valence-corrected chi connectivity index (χ4v) is 7.16. The molecule has 3 aromatic carbocycles. The van der Waals surface area contributed by atoms with Gasteiger partial charge in [-0.25, -0.2) is 13.4 Å². The number of pyridine rings is 1. The van der Waals surface area contributed by atoms with Crippen LogP contribution in [-0.4, -0.2) is 30.8 Å². The van der Waals surface area contributed by atoms with Crippen molar-refractivity contribution in [1.82, 2.24) is 9.97 Å². The first-order valence-corrected chi connectivity index (χ1v) is 14.5. The molecular weight excluding hydrogens is 516 g/mol. The Labute approximate surface area is 225 Å². The molecule has 6 rings (SSSR count). The van der Waals surface area contributed by atoms with E-state index in [0.717, 1.165) is 40.0 Å². The van der Waals surface area contributed by atoms with Crippen molar-refractivity contribution in [2.24, 2.45) is 0 Å². The summed E-state index contributed by atoms with van der Waals surface area (Å²) < 4.78 is 29.5. The second-order valence-electron chi connectivity index (χ2n) is 9.01. The molecular formula is C29H24N4O3S2. The van der Waals surface area contributed by atoms with Gasteiger partial charge < -0.3 is 0 Å². The Kier molecular flexibility index (Phi) is 6.39. The van der Waals surface area contributed by atoms with Crippen LogP contribution in [0.1, 0.15) is 28.0 Å². The second-order valence-corrected chi connectivity index (χ2v) is 11.9. The number of fused-ring (bicyclic) bond motifs is 2. The van der Waals surface area contributed by atoms with Crippen LogP contribution in [-0.2, 0) is 23.0 Å². The molecule has 0 fully saturated rings. The molecule has 0 radical (unpaired) electrons. The summed E-state index contributed by atoms with van der Waals surface area (Å²) in [6.07, 6.45) is 3.31. The number of benzene rings is 3. The largest absolute Gasteiger partial charge is 0.278 e. The van der Waals surface area contributed by atoms with Gasteiger partial charge in [0.1, 0.15) is 0 Å². The molecule has 1 amide bonds. The van der Waals surface area contributed by atoms with Gasteiger partial charge in [-0.15, -0.1) is 0 Å². The molecule has 0 unspecified atom stereocenters. The van der Waals surface area contributed by atoms with Crippen LogP contribution in [0.15, 0.2) is 102 Å². The zero-order valence-corrected chi connectivity index (χ0v) is 22.0. The van der Waals surface area contributed by atoms with Crippen molar-refractivity contribution < 1.29 is 13.2 Å². The van der Waals surface area contributed by atoms with Gasteiger partial charge in [0.2, 0.25) is 0 Å². The molecule has 38 heavy (non-hydrogen) atoms. The smallest absolute Gasteiger partial charge is 0.264 e. The van der Waals surface area contributed by atoms with E-state index in [1.807, 2.05) is 66.7 Å². The Morgan fingerprint density at radius 1 is 0.921 bits per heavy atom. The number of sulfonamides is 1. The Hall–Kier alpha value is -4.08. The Morgan fingerprint density at radius 3 is 2.47 bits per heavy atom. The summed E-state index contributed by atoms with van der Waals surface area (Å²) in [5.41, 5.74) is 3.65. The summed E-state index contributed by atoms with van der Waals surface area (Å²) in [6.45, 7) is 0.666. The van der Waals surface area contributed by atoms with E-state index in [1.54, 1.807) is 23.2 Å². The third kappa shape index (κ3) is 4.55. The van der Waals surface area contributed by atoms with Gasteiger partial charge in [0.05, 0.1) is 33.0 Å². The average molecular weight is 541 g/mol. The van der Waals surface area contributed by atoms with E-state index in [4.69, 9.17) is 0 Å². The number of thiazole rings is 1. The van der Waals surface area contributed by atoms with E-state index in [9.17, 15) is 13.2 Å². The lowest BCUT2D eigenvalue weighted by Gasteiger charge is -2.30. The maximum atomic E-state index is 13.8.